The first kappa shape index (κ1) is 15.7. The fourth-order valence-electron chi connectivity index (χ4n) is 1.43. The molecule has 6 nitrogen and oxygen atoms in total. The average molecular weight is 268 g/mol. The second kappa shape index (κ2) is 9.52. The number of nitrogens with one attached hydrogen (secondary N) is 2. The second-order valence-corrected chi connectivity index (χ2v) is 4.18. The van der Waals surface area contributed by atoms with Crippen molar-refractivity contribution >= 4 is 11.8 Å². The summed E-state index contributed by atoms with van der Waals surface area (Å²) < 4.78 is 10.3. The maximum absolute atomic E-state index is 5.38. The largest absolute Gasteiger partial charge is 0.382 e. The topological polar surface area (TPSA) is 68.3 Å². The van der Waals surface area contributed by atoms with Crippen LogP contribution >= 0.6 is 0 Å². The van der Waals surface area contributed by atoms with Crippen LogP contribution in [0.15, 0.2) is 6.20 Å². The average Bonchev–Trinajstić information content (AvgIpc) is 2.43. The molecule has 0 saturated carbocycles. The smallest absolute Gasteiger partial charge is 0.224 e. The van der Waals surface area contributed by atoms with Crippen LogP contribution in [0.25, 0.3) is 0 Å². The van der Waals surface area contributed by atoms with Crippen molar-refractivity contribution in [2.75, 3.05) is 50.7 Å². The number of anilines is 2. The molecule has 0 aliphatic carbocycles. The molecule has 19 heavy (non-hydrogen) atoms. The number of aryl methyl sites for hydroxylation is 1. The Kier molecular flexibility index (Phi) is 7.84. The Bertz CT molecular complexity index is 360. The van der Waals surface area contributed by atoms with Gasteiger partial charge in [-0.3, -0.25) is 0 Å². The highest BCUT2D eigenvalue weighted by atomic mass is 16.5. The van der Waals surface area contributed by atoms with Gasteiger partial charge in [0.1, 0.15) is 5.82 Å². The van der Waals surface area contributed by atoms with Crippen molar-refractivity contribution in [2.45, 2.75) is 20.3 Å². The third-order valence-electron chi connectivity index (χ3n) is 2.48. The molecule has 0 radical (unpaired) electrons. The molecule has 1 rings (SSSR count). The van der Waals surface area contributed by atoms with Crippen molar-refractivity contribution in [1.82, 2.24) is 9.97 Å². The maximum atomic E-state index is 5.38. The Hall–Kier alpha value is -1.40. The van der Waals surface area contributed by atoms with Gasteiger partial charge in [-0.15, -0.1) is 0 Å². The van der Waals surface area contributed by atoms with Crippen LogP contribution in [0.4, 0.5) is 11.8 Å². The lowest BCUT2D eigenvalue weighted by atomic mass is 10.3. The van der Waals surface area contributed by atoms with Crippen LogP contribution in [-0.4, -0.2) is 50.0 Å². The summed E-state index contributed by atoms with van der Waals surface area (Å²) in [5, 5.41) is 6.42. The van der Waals surface area contributed by atoms with Crippen LogP contribution in [0.5, 0.6) is 0 Å². The van der Waals surface area contributed by atoms with Crippen molar-refractivity contribution in [1.29, 1.82) is 0 Å². The van der Waals surface area contributed by atoms with Crippen LogP contribution in [0.2, 0.25) is 0 Å². The summed E-state index contributed by atoms with van der Waals surface area (Å²) in [6.07, 6.45) is 2.87. The molecule has 1 heterocycles. The van der Waals surface area contributed by atoms with Gasteiger partial charge in [0.2, 0.25) is 5.95 Å². The molecule has 0 aliphatic rings. The number of hydrogen-bond acceptors (Lipinski definition) is 6. The molecule has 0 amide bonds. The predicted molar refractivity (Wildman–Crippen MR) is 76.7 cm³/mol. The van der Waals surface area contributed by atoms with E-state index in [4.69, 9.17) is 9.47 Å². The number of aromatic nitrogens is 2. The van der Waals surface area contributed by atoms with E-state index >= 15 is 0 Å². The molecule has 0 unspecified atom stereocenters. The Morgan fingerprint density at radius 3 is 2.74 bits per heavy atom. The van der Waals surface area contributed by atoms with E-state index in [1.807, 2.05) is 13.1 Å². The van der Waals surface area contributed by atoms with E-state index < -0.39 is 0 Å². The molecule has 108 valence electrons. The second-order valence-electron chi connectivity index (χ2n) is 4.18. The number of nitrogens with zero attached hydrogens (tertiary/aromatic N) is 2. The van der Waals surface area contributed by atoms with Gasteiger partial charge in [-0.2, -0.15) is 4.98 Å². The quantitative estimate of drug-likeness (QED) is 0.629. The Morgan fingerprint density at radius 1 is 1.16 bits per heavy atom. The minimum atomic E-state index is 0.615. The van der Waals surface area contributed by atoms with Crippen molar-refractivity contribution in [2.24, 2.45) is 0 Å². The minimum Gasteiger partial charge on any atom is -0.382 e. The van der Waals surface area contributed by atoms with Crippen LogP contribution in [0.3, 0.4) is 0 Å². The maximum Gasteiger partial charge on any atom is 0.224 e. The molecule has 1 aromatic rings. The van der Waals surface area contributed by atoms with Gasteiger partial charge in [-0.05, 0) is 13.3 Å². The standard InChI is InChI=1S/C13H24N4O2/c1-4-5-15-13-16-10-11(2)12(17-13)14-6-7-19-9-8-18-3/h10H,4-9H2,1-3H3,(H2,14,15,16,17). The summed E-state index contributed by atoms with van der Waals surface area (Å²) in [6.45, 7) is 7.55. The third-order valence-corrected chi connectivity index (χ3v) is 2.48. The molecule has 6 heteroatoms. The van der Waals surface area contributed by atoms with E-state index in [-0.39, 0.29) is 0 Å². The molecule has 0 fully saturated rings. The van der Waals surface area contributed by atoms with Crippen molar-refractivity contribution in [3.05, 3.63) is 11.8 Å². The number of hydrogen-bond donors (Lipinski definition) is 2. The van der Waals surface area contributed by atoms with E-state index in [1.165, 1.54) is 0 Å². The van der Waals surface area contributed by atoms with Gasteiger partial charge < -0.3 is 20.1 Å². The SMILES string of the molecule is CCCNc1ncc(C)c(NCCOCCOC)n1. The van der Waals surface area contributed by atoms with Gasteiger partial charge in [-0.25, -0.2) is 4.98 Å². The lowest BCUT2D eigenvalue weighted by molar-refractivity contribution is 0.0759. The highest BCUT2D eigenvalue weighted by molar-refractivity contribution is 5.46. The van der Waals surface area contributed by atoms with Crippen LogP contribution in [-0.2, 0) is 9.47 Å². The summed E-state index contributed by atoms with van der Waals surface area (Å²) in [7, 11) is 1.66. The van der Waals surface area contributed by atoms with E-state index in [1.54, 1.807) is 7.11 Å². The van der Waals surface area contributed by atoms with E-state index in [0.717, 1.165) is 30.9 Å². The number of ether oxygens (including phenoxy) is 2. The van der Waals surface area contributed by atoms with Crippen molar-refractivity contribution in [3.8, 4) is 0 Å². The molecule has 1 aromatic heterocycles. The van der Waals surface area contributed by atoms with Gasteiger partial charge >= 0.3 is 0 Å². The Morgan fingerprint density at radius 2 is 2.00 bits per heavy atom. The molecule has 0 atom stereocenters. The number of methoxy groups -OCH3 is 1. The molecular weight excluding hydrogens is 244 g/mol. The monoisotopic (exact) mass is 268 g/mol. The number of rotatable bonds is 10. The van der Waals surface area contributed by atoms with Gasteiger partial charge in [0.25, 0.3) is 0 Å². The first-order chi connectivity index (χ1) is 9.27. The minimum absolute atomic E-state index is 0.615. The summed E-state index contributed by atoms with van der Waals surface area (Å²) in [4.78, 5) is 8.67. The summed E-state index contributed by atoms with van der Waals surface area (Å²) >= 11 is 0. The molecule has 2 N–H and O–H groups in total. The van der Waals surface area contributed by atoms with Crippen molar-refractivity contribution < 1.29 is 9.47 Å². The van der Waals surface area contributed by atoms with Crippen molar-refractivity contribution in [3.63, 3.8) is 0 Å². The fraction of sp³-hybridized carbons (Fsp3) is 0.692. The fourth-order valence-corrected chi connectivity index (χ4v) is 1.43. The normalized spacial score (nSPS) is 10.5. The zero-order chi connectivity index (χ0) is 13.9. The summed E-state index contributed by atoms with van der Waals surface area (Å²) in [5.74, 6) is 1.51. The molecular formula is C13H24N4O2. The summed E-state index contributed by atoms with van der Waals surface area (Å²) in [5.41, 5.74) is 1.03. The molecule has 0 aliphatic heterocycles. The van der Waals surface area contributed by atoms with E-state index in [9.17, 15) is 0 Å². The lowest BCUT2D eigenvalue weighted by Crippen LogP contribution is -2.14. The van der Waals surface area contributed by atoms with Gasteiger partial charge in [0, 0.05) is 32.0 Å². The van der Waals surface area contributed by atoms with Gasteiger partial charge in [0.15, 0.2) is 0 Å². The van der Waals surface area contributed by atoms with E-state index in [2.05, 4.69) is 27.5 Å². The molecule has 0 bridgehead atoms. The Labute approximate surface area is 114 Å². The predicted octanol–water partition coefficient (Wildman–Crippen LogP) is 1.68. The Balaban J connectivity index is 2.34. The first-order valence-electron chi connectivity index (χ1n) is 6.66. The lowest BCUT2D eigenvalue weighted by Gasteiger charge is -2.10. The zero-order valence-corrected chi connectivity index (χ0v) is 12.0. The molecule has 0 aromatic carbocycles. The summed E-state index contributed by atoms with van der Waals surface area (Å²) in [6, 6.07) is 0. The van der Waals surface area contributed by atoms with Crippen LogP contribution in [0.1, 0.15) is 18.9 Å². The third kappa shape index (κ3) is 6.35. The highest BCUT2D eigenvalue weighted by Gasteiger charge is 2.02. The zero-order valence-electron chi connectivity index (χ0n) is 12.0. The van der Waals surface area contributed by atoms with E-state index in [0.29, 0.717) is 25.8 Å². The highest BCUT2D eigenvalue weighted by Crippen LogP contribution is 2.11. The van der Waals surface area contributed by atoms with Crippen LogP contribution < -0.4 is 10.6 Å². The molecule has 0 spiro atoms. The van der Waals surface area contributed by atoms with Gasteiger partial charge in [0.05, 0.1) is 19.8 Å². The van der Waals surface area contributed by atoms with Gasteiger partial charge in [-0.1, -0.05) is 6.92 Å². The van der Waals surface area contributed by atoms with Crippen LogP contribution in [0, 0.1) is 6.92 Å². The molecule has 0 saturated heterocycles. The first-order valence-corrected chi connectivity index (χ1v) is 6.66.